The second-order valence-electron chi connectivity index (χ2n) is 4.08. The monoisotopic (exact) mass is 217 g/mol. The first kappa shape index (κ1) is 12.4. The van der Waals surface area contributed by atoms with Gasteiger partial charge in [-0.3, -0.25) is 9.69 Å². The molecule has 88 valence electrons. The Labute approximate surface area is 89.3 Å². The summed E-state index contributed by atoms with van der Waals surface area (Å²) in [5.74, 6) is -0.826. The number of aliphatic hydroxyl groups excluding tert-OH is 2. The number of carbonyl (C=O) groups is 1. The zero-order chi connectivity index (χ0) is 11.5. The van der Waals surface area contributed by atoms with Gasteiger partial charge in [0, 0.05) is 6.54 Å². The van der Waals surface area contributed by atoms with Gasteiger partial charge < -0.3 is 15.3 Å². The molecule has 2 atom stereocenters. The zero-order valence-electron chi connectivity index (χ0n) is 9.02. The van der Waals surface area contributed by atoms with Gasteiger partial charge in [0.1, 0.15) is 5.54 Å². The fourth-order valence-electron chi connectivity index (χ4n) is 2.31. The number of nitrogens with zero attached hydrogens (tertiary/aromatic N) is 1. The van der Waals surface area contributed by atoms with E-state index in [0.29, 0.717) is 19.4 Å². The first-order chi connectivity index (χ1) is 7.06. The van der Waals surface area contributed by atoms with Gasteiger partial charge >= 0.3 is 5.97 Å². The SMILES string of the molecule is CCC1(C(=O)O)CCCN1CC(O)CO. The van der Waals surface area contributed by atoms with Crippen LogP contribution in [0.25, 0.3) is 0 Å². The number of hydrogen-bond acceptors (Lipinski definition) is 4. The predicted octanol–water partition coefficient (Wildman–Crippen LogP) is -0.331. The minimum Gasteiger partial charge on any atom is -0.480 e. The molecule has 5 heteroatoms. The van der Waals surface area contributed by atoms with Crippen LogP contribution in [-0.2, 0) is 4.79 Å². The predicted molar refractivity (Wildman–Crippen MR) is 54.6 cm³/mol. The number of β-amino-alcohol motifs (C(OH)–C–C–N with tert-alkyl or cyclic N) is 1. The van der Waals surface area contributed by atoms with Crippen LogP contribution in [0.5, 0.6) is 0 Å². The van der Waals surface area contributed by atoms with Crippen molar-refractivity contribution in [3.63, 3.8) is 0 Å². The van der Waals surface area contributed by atoms with Crippen LogP contribution in [0, 0.1) is 0 Å². The van der Waals surface area contributed by atoms with Crippen molar-refractivity contribution in [2.24, 2.45) is 0 Å². The first-order valence-electron chi connectivity index (χ1n) is 5.34. The molecule has 2 unspecified atom stereocenters. The van der Waals surface area contributed by atoms with E-state index in [0.717, 1.165) is 6.42 Å². The first-order valence-corrected chi connectivity index (χ1v) is 5.34. The van der Waals surface area contributed by atoms with Crippen molar-refractivity contribution in [1.82, 2.24) is 4.90 Å². The Morgan fingerprint density at radius 1 is 1.60 bits per heavy atom. The molecule has 15 heavy (non-hydrogen) atoms. The Morgan fingerprint density at radius 2 is 2.27 bits per heavy atom. The lowest BCUT2D eigenvalue weighted by Gasteiger charge is -2.34. The van der Waals surface area contributed by atoms with E-state index in [9.17, 15) is 15.0 Å². The molecule has 0 aromatic heterocycles. The fraction of sp³-hybridized carbons (Fsp3) is 0.900. The summed E-state index contributed by atoms with van der Waals surface area (Å²) >= 11 is 0. The summed E-state index contributed by atoms with van der Waals surface area (Å²) in [6.07, 6.45) is 1.13. The summed E-state index contributed by atoms with van der Waals surface area (Å²) in [7, 11) is 0. The van der Waals surface area contributed by atoms with Crippen molar-refractivity contribution in [3.05, 3.63) is 0 Å². The van der Waals surface area contributed by atoms with E-state index in [1.807, 2.05) is 6.92 Å². The van der Waals surface area contributed by atoms with Gasteiger partial charge in [-0.05, 0) is 25.8 Å². The maximum absolute atomic E-state index is 11.2. The minimum absolute atomic E-state index is 0.233. The molecule has 1 fully saturated rings. The van der Waals surface area contributed by atoms with Gasteiger partial charge in [-0.25, -0.2) is 0 Å². The van der Waals surface area contributed by atoms with Gasteiger partial charge in [0.2, 0.25) is 0 Å². The summed E-state index contributed by atoms with van der Waals surface area (Å²) in [6, 6.07) is 0. The van der Waals surface area contributed by atoms with Crippen molar-refractivity contribution in [2.75, 3.05) is 19.7 Å². The molecular formula is C10H19NO4. The highest BCUT2D eigenvalue weighted by Gasteiger charge is 2.46. The van der Waals surface area contributed by atoms with Crippen LogP contribution in [0.2, 0.25) is 0 Å². The van der Waals surface area contributed by atoms with Crippen LogP contribution >= 0.6 is 0 Å². The van der Waals surface area contributed by atoms with Gasteiger partial charge in [-0.15, -0.1) is 0 Å². The van der Waals surface area contributed by atoms with Crippen LogP contribution in [0.3, 0.4) is 0 Å². The van der Waals surface area contributed by atoms with E-state index in [1.165, 1.54) is 0 Å². The quantitative estimate of drug-likeness (QED) is 0.587. The number of aliphatic carboxylic acids is 1. The van der Waals surface area contributed by atoms with Crippen LogP contribution in [0.1, 0.15) is 26.2 Å². The number of hydrogen-bond donors (Lipinski definition) is 3. The van der Waals surface area contributed by atoms with E-state index < -0.39 is 17.6 Å². The maximum atomic E-state index is 11.2. The summed E-state index contributed by atoms with van der Waals surface area (Å²) in [4.78, 5) is 13.0. The van der Waals surface area contributed by atoms with E-state index in [2.05, 4.69) is 0 Å². The second kappa shape index (κ2) is 4.92. The van der Waals surface area contributed by atoms with E-state index in [4.69, 9.17) is 5.11 Å². The summed E-state index contributed by atoms with van der Waals surface area (Å²) in [5, 5.41) is 27.3. The standard InChI is InChI=1S/C10H19NO4/c1-2-10(9(14)15)4-3-5-11(10)6-8(13)7-12/h8,12-13H,2-7H2,1H3,(H,14,15). The lowest BCUT2D eigenvalue weighted by atomic mass is 9.93. The molecule has 0 bridgehead atoms. The lowest BCUT2D eigenvalue weighted by molar-refractivity contribution is -0.151. The number of carboxylic acid groups (broad SMARTS) is 1. The fourth-order valence-corrected chi connectivity index (χ4v) is 2.31. The molecule has 1 saturated heterocycles. The Hall–Kier alpha value is -0.650. The molecule has 0 radical (unpaired) electrons. The molecule has 1 heterocycles. The summed E-state index contributed by atoms with van der Waals surface area (Å²) < 4.78 is 0. The lowest BCUT2D eigenvalue weighted by Crippen LogP contribution is -2.52. The number of likely N-dealkylation sites (tertiary alicyclic amines) is 1. The second-order valence-corrected chi connectivity index (χ2v) is 4.08. The average molecular weight is 217 g/mol. The van der Waals surface area contributed by atoms with Crippen LogP contribution in [0.15, 0.2) is 0 Å². The van der Waals surface area contributed by atoms with E-state index in [-0.39, 0.29) is 13.2 Å². The third-order valence-corrected chi connectivity index (χ3v) is 3.25. The number of carboxylic acids is 1. The highest BCUT2D eigenvalue weighted by atomic mass is 16.4. The van der Waals surface area contributed by atoms with Crippen molar-refractivity contribution in [2.45, 2.75) is 37.8 Å². The third-order valence-electron chi connectivity index (χ3n) is 3.25. The molecule has 0 aromatic carbocycles. The van der Waals surface area contributed by atoms with Crippen molar-refractivity contribution in [3.8, 4) is 0 Å². The van der Waals surface area contributed by atoms with Gasteiger partial charge in [0.05, 0.1) is 12.7 Å². The normalized spacial score (nSPS) is 29.3. The molecule has 0 amide bonds. The summed E-state index contributed by atoms with van der Waals surface area (Å²) in [6.45, 7) is 2.43. The Kier molecular flexibility index (Phi) is 4.07. The maximum Gasteiger partial charge on any atom is 0.324 e. The van der Waals surface area contributed by atoms with E-state index in [1.54, 1.807) is 4.90 Å². The molecule has 0 aromatic rings. The molecule has 1 aliphatic heterocycles. The Bertz CT molecular complexity index is 233. The molecule has 5 nitrogen and oxygen atoms in total. The van der Waals surface area contributed by atoms with Crippen LogP contribution < -0.4 is 0 Å². The van der Waals surface area contributed by atoms with Crippen LogP contribution in [-0.4, -0.2) is 57.5 Å². The Balaban J connectivity index is 2.74. The molecule has 3 N–H and O–H groups in total. The smallest absolute Gasteiger partial charge is 0.324 e. The molecule has 1 aliphatic rings. The van der Waals surface area contributed by atoms with Crippen molar-refractivity contribution >= 4 is 5.97 Å². The highest BCUT2D eigenvalue weighted by molar-refractivity contribution is 5.79. The van der Waals surface area contributed by atoms with Gasteiger partial charge in [0.25, 0.3) is 0 Å². The average Bonchev–Trinajstić information content (AvgIpc) is 2.61. The van der Waals surface area contributed by atoms with Crippen molar-refractivity contribution < 1.29 is 20.1 Å². The number of aliphatic hydroxyl groups is 2. The van der Waals surface area contributed by atoms with Gasteiger partial charge in [0.15, 0.2) is 0 Å². The molecule has 1 rings (SSSR count). The van der Waals surface area contributed by atoms with Gasteiger partial charge in [-0.1, -0.05) is 6.92 Å². The topological polar surface area (TPSA) is 81.0 Å². The third kappa shape index (κ3) is 2.30. The number of rotatable bonds is 5. The zero-order valence-corrected chi connectivity index (χ0v) is 9.02. The van der Waals surface area contributed by atoms with Crippen LogP contribution in [0.4, 0.5) is 0 Å². The molecule has 0 spiro atoms. The van der Waals surface area contributed by atoms with Crippen molar-refractivity contribution in [1.29, 1.82) is 0 Å². The highest BCUT2D eigenvalue weighted by Crippen LogP contribution is 2.32. The largest absolute Gasteiger partial charge is 0.480 e. The van der Waals surface area contributed by atoms with E-state index >= 15 is 0 Å². The minimum atomic E-state index is -0.853. The summed E-state index contributed by atoms with van der Waals surface area (Å²) in [5.41, 5.74) is -0.837. The molecule has 0 aliphatic carbocycles. The Morgan fingerprint density at radius 3 is 2.73 bits per heavy atom. The molecule has 0 saturated carbocycles. The van der Waals surface area contributed by atoms with Gasteiger partial charge in [-0.2, -0.15) is 0 Å². The molecular weight excluding hydrogens is 198 g/mol.